The first-order valence-electron chi connectivity index (χ1n) is 9.41. The van der Waals surface area contributed by atoms with Gasteiger partial charge in [-0.3, -0.25) is 9.10 Å². The minimum atomic E-state index is -4.20. The highest BCUT2D eigenvalue weighted by molar-refractivity contribution is 7.93. The molecule has 0 saturated heterocycles. The monoisotopic (exact) mass is 474 g/mol. The number of carbonyl (C=O) groups is 1. The zero-order valence-electron chi connectivity index (χ0n) is 17.1. The quantitative estimate of drug-likeness (QED) is 0.460. The molecule has 32 heavy (non-hydrogen) atoms. The largest absolute Gasteiger partial charge is 0.495 e. The molecule has 9 heteroatoms. The number of methoxy groups -OCH3 is 1. The summed E-state index contributed by atoms with van der Waals surface area (Å²) in [4.78, 5) is 12.5. The van der Waals surface area contributed by atoms with Crippen molar-refractivity contribution >= 4 is 38.9 Å². The molecule has 6 nitrogen and oxygen atoms in total. The van der Waals surface area contributed by atoms with Crippen molar-refractivity contribution < 1.29 is 22.3 Å². The summed E-state index contributed by atoms with van der Waals surface area (Å²) in [6, 6.07) is 15.8. The third kappa shape index (κ3) is 4.92. The van der Waals surface area contributed by atoms with Crippen LogP contribution >= 0.6 is 11.6 Å². The lowest BCUT2D eigenvalue weighted by atomic mass is 10.2. The molecular formula is C23H20ClFN2O4S. The number of sulfonamides is 1. The number of para-hydroxylation sites is 2. The second-order valence-corrected chi connectivity index (χ2v) is 8.84. The minimum Gasteiger partial charge on any atom is -0.495 e. The molecule has 0 fully saturated rings. The molecule has 0 bridgehead atoms. The number of benzene rings is 3. The lowest BCUT2D eigenvalue weighted by Crippen LogP contribution is -2.31. The molecule has 0 spiro atoms. The van der Waals surface area contributed by atoms with Gasteiger partial charge in [-0.1, -0.05) is 29.8 Å². The number of nitrogens with zero attached hydrogens (tertiary/aromatic N) is 1. The van der Waals surface area contributed by atoms with Crippen molar-refractivity contribution in [3.05, 3.63) is 95.8 Å². The van der Waals surface area contributed by atoms with Gasteiger partial charge in [-0.05, 0) is 54.6 Å². The second-order valence-electron chi connectivity index (χ2n) is 6.60. The van der Waals surface area contributed by atoms with Crippen LogP contribution in [0.1, 0.15) is 10.4 Å². The van der Waals surface area contributed by atoms with Gasteiger partial charge in [0.15, 0.2) is 0 Å². The van der Waals surface area contributed by atoms with Crippen molar-refractivity contribution in [2.24, 2.45) is 0 Å². The molecule has 0 heterocycles. The zero-order chi connectivity index (χ0) is 23.3. The maximum atomic E-state index is 13.4. The molecule has 0 aromatic heterocycles. The van der Waals surface area contributed by atoms with Crippen LogP contribution in [-0.2, 0) is 10.0 Å². The lowest BCUT2D eigenvalue weighted by Gasteiger charge is -2.24. The molecule has 1 amide bonds. The van der Waals surface area contributed by atoms with Gasteiger partial charge in [0.25, 0.3) is 15.9 Å². The van der Waals surface area contributed by atoms with E-state index in [2.05, 4.69) is 11.9 Å². The molecule has 3 rings (SSSR count). The fraction of sp³-hybridized carbons (Fsp3) is 0.0870. The van der Waals surface area contributed by atoms with Crippen LogP contribution < -0.4 is 14.4 Å². The maximum Gasteiger partial charge on any atom is 0.266 e. The van der Waals surface area contributed by atoms with E-state index in [1.165, 1.54) is 43.5 Å². The van der Waals surface area contributed by atoms with Gasteiger partial charge in [-0.25, -0.2) is 12.8 Å². The molecule has 0 aliphatic carbocycles. The van der Waals surface area contributed by atoms with Crippen LogP contribution in [0.15, 0.2) is 84.3 Å². The van der Waals surface area contributed by atoms with Crippen LogP contribution in [0.5, 0.6) is 5.75 Å². The summed E-state index contributed by atoms with van der Waals surface area (Å²) in [5.74, 6) is -0.589. The van der Waals surface area contributed by atoms with Crippen molar-refractivity contribution in [1.82, 2.24) is 0 Å². The summed E-state index contributed by atoms with van der Waals surface area (Å²) in [6.45, 7) is 3.51. The molecule has 0 unspecified atom stereocenters. The van der Waals surface area contributed by atoms with E-state index in [4.69, 9.17) is 16.3 Å². The number of rotatable bonds is 8. The number of anilines is 2. The maximum absolute atomic E-state index is 13.4. The first-order valence-corrected chi connectivity index (χ1v) is 11.2. The predicted molar refractivity (Wildman–Crippen MR) is 124 cm³/mol. The van der Waals surface area contributed by atoms with Crippen LogP contribution in [0.25, 0.3) is 0 Å². The highest BCUT2D eigenvalue weighted by atomic mass is 35.5. The van der Waals surface area contributed by atoms with Crippen LogP contribution in [0.4, 0.5) is 15.8 Å². The van der Waals surface area contributed by atoms with Gasteiger partial charge in [0, 0.05) is 5.56 Å². The molecular weight excluding hydrogens is 455 g/mol. The second kappa shape index (κ2) is 9.84. The number of hydrogen-bond acceptors (Lipinski definition) is 4. The van der Waals surface area contributed by atoms with Crippen LogP contribution in [-0.4, -0.2) is 28.0 Å². The lowest BCUT2D eigenvalue weighted by molar-refractivity contribution is 0.102. The number of carbonyl (C=O) groups excluding carboxylic acids is 1. The summed E-state index contributed by atoms with van der Waals surface area (Å²) in [5, 5.41) is 2.63. The average molecular weight is 475 g/mol. The Kier molecular flexibility index (Phi) is 7.17. The highest BCUT2D eigenvalue weighted by Crippen LogP contribution is 2.30. The topological polar surface area (TPSA) is 75.7 Å². The Balaban J connectivity index is 2.00. The molecule has 0 saturated carbocycles. The Morgan fingerprint density at radius 2 is 1.84 bits per heavy atom. The van der Waals surface area contributed by atoms with Crippen LogP contribution in [0, 0.1) is 5.82 Å². The van der Waals surface area contributed by atoms with E-state index in [9.17, 15) is 17.6 Å². The molecule has 3 aromatic carbocycles. The van der Waals surface area contributed by atoms with E-state index < -0.39 is 21.7 Å². The van der Waals surface area contributed by atoms with Gasteiger partial charge >= 0.3 is 0 Å². The summed E-state index contributed by atoms with van der Waals surface area (Å²) in [6.07, 6.45) is 1.40. The summed E-state index contributed by atoms with van der Waals surface area (Å²) < 4.78 is 46.4. The Bertz CT molecular complexity index is 1250. The van der Waals surface area contributed by atoms with Crippen molar-refractivity contribution in [3.63, 3.8) is 0 Å². The van der Waals surface area contributed by atoms with E-state index in [0.717, 1.165) is 16.4 Å². The van der Waals surface area contributed by atoms with Crippen molar-refractivity contribution in [2.45, 2.75) is 4.90 Å². The van der Waals surface area contributed by atoms with E-state index in [-0.39, 0.29) is 27.7 Å². The fourth-order valence-electron chi connectivity index (χ4n) is 2.97. The predicted octanol–water partition coefficient (Wildman–Crippen LogP) is 5.12. The molecule has 0 radical (unpaired) electrons. The number of hydrogen-bond donors (Lipinski definition) is 1. The summed E-state index contributed by atoms with van der Waals surface area (Å²) in [7, 11) is -2.72. The van der Waals surface area contributed by atoms with Crippen LogP contribution in [0.3, 0.4) is 0 Å². The number of amides is 1. The Labute approximate surface area is 190 Å². The standard InChI is InChI=1S/C23H20ClFN2O4S/c1-3-14-27(18-11-9-17(25)10-12-18)32(29,30)22-15-16(8-13-19(22)24)23(28)26-20-6-4-5-7-21(20)31-2/h3-13,15H,1,14H2,2H3,(H,26,28). The summed E-state index contributed by atoms with van der Waals surface area (Å²) in [5.41, 5.74) is 0.738. The normalized spacial score (nSPS) is 11.0. The Morgan fingerprint density at radius 1 is 1.16 bits per heavy atom. The van der Waals surface area contributed by atoms with E-state index in [1.807, 2.05) is 0 Å². The first kappa shape index (κ1) is 23.3. The van der Waals surface area contributed by atoms with Gasteiger partial charge in [-0.15, -0.1) is 6.58 Å². The number of nitrogens with one attached hydrogen (secondary N) is 1. The van der Waals surface area contributed by atoms with Gasteiger partial charge in [0.2, 0.25) is 0 Å². The minimum absolute atomic E-state index is 0.0602. The van der Waals surface area contributed by atoms with Crippen molar-refractivity contribution in [2.75, 3.05) is 23.3 Å². The third-order valence-corrected chi connectivity index (χ3v) is 6.80. The Morgan fingerprint density at radius 3 is 2.50 bits per heavy atom. The van der Waals surface area contributed by atoms with Gasteiger partial charge in [0.05, 0.1) is 30.1 Å². The van der Waals surface area contributed by atoms with E-state index in [0.29, 0.717) is 11.4 Å². The Hall–Kier alpha value is -3.36. The van der Waals surface area contributed by atoms with Crippen molar-refractivity contribution in [1.29, 1.82) is 0 Å². The van der Waals surface area contributed by atoms with Gasteiger partial charge in [-0.2, -0.15) is 0 Å². The van der Waals surface area contributed by atoms with Crippen molar-refractivity contribution in [3.8, 4) is 5.75 Å². The number of halogens is 2. The van der Waals surface area contributed by atoms with E-state index in [1.54, 1.807) is 24.3 Å². The summed E-state index contributed by atoms with van der Waals surface area (Å²) >= 11 is 6.21. The molecule has 0 atom stereocenters. The molecule has 166 valence electrons. The molecule has 0 aliphatic rings. The fourth-order valence-corrected chi connectivity index (χ4v) is 4.91. The number of ether oxygens (including phenoxy) is 1. The SMILES string of the molecule is C=CCN(c1ccc(F)cc1)S(=O)(=O)c1cc(C(=O)Nc2ccccc2OC)ccc1Cl. The van der Waals surface area contributed by atoms with Gasteiger partial charge < -0.3 is 10.1 Å². The molecule has 3 aromatic rings. The highest BCUT2D eigenvalue weighted by Gasteiger charge is 2.28. The van der Waals surface area contributed by atoms with E-state index >= 15 is 0 Å². The average Bonchev–Trinajstić information content (AvgIpc) is 2.78. The smallest absolute Gasteiger partial charge is 0.266 e. The first-order chi connectivity index (χ1) is 15.3. The van der Waals surface area contributed by atoms with Gasteiger partial charge in [0.1, 0.15) is 16.5 Å². The zero-order valence-corrected chi connectivity index (χ0v) is 18.7. The molecule has 0 aliphatic heterocycles. The molecule has 1 N–H and O–H groups in total. The van der Waals surface area contributed by atoms with Crippen LogP contribution in [0.2, 0.25) is 5.02 Å². The third-order valence-electron chi connectivity index (χ3n) is 4.53.